The SMILES string of the molecule is O=C(COc1ccccc1)ON1C=NCC1. The first kappa shape index (κ1) is 10.5. The maximum absolute atomic E-state index is 11.3. The Bertz CT molecular complexity index is 378. The van der Waals surface area contributed by atoms with Gasteiger partial charge in [-0.3, -0.25) is 4.99 Å². The number of hydrogen-bond donors (Lipinski definition) is 0. The summed E-state index contributed by atoms with van der Waals surface area (Å²) in [7, 11) is 0. The maximum atomic E-state index is 11.3. The minimum absolute atomic E-state index is 0.103. The Kier molecular flexibility index (Phi) is 3.38. The molecule has 0 fully saturated rings. The molecule has 5 heteroatoms. The molecule has 0 atom stereocenters. The molecule has 2 rings (SSSR count). The molecular formula is C11H12N2O3. The average Bonchev–Trinajstić information content (AvgIpc) is 2.81. The van der Waals surface area contributed by atoms with Crippen molar-refractivity contribution in [1.29, 1.82) is 0 Å². The number of hydroxylamine groups is 2. The van der Waals surface area contributed by atoms with E-state index in [1.54, 1.807) is 12.1 Å². The molecule has 0 saturated carbocycles. The van der Waals surface area contributed by atoms with E-state index < -0.39 is 5.97 Å². The highest BCUT2D eigenvalue weighted by atomic mass is 16.7. The van der Waals surface area contributed by atoms with Crippen molar-refractivity contribution in [2.75, 3.05) is 19.7 Å². The number of hydrogen-bond acceptors (Lipinski definition) is 5. The van der Waals surface area contributed by atoms with Crippen molar-refractivity contribution in [1.82, 2.24) is 5.06 Å². The molecule has 16 heavy (non-hydrogen) atoms. The second kappa shape index (κ2) is 5.16. The van der Waals surface area contributed by atoms with Crippen molar-refractivity contribution >= 4 is 12.3 Å². The van der Waals surface area contributed by atoms with Crippen LogP contribution in [0, 0.1) is 0 Å². The minimum atomic E-state index is -0.433. The summed E-state index contributed by atoms with van der Waals surface area (Å²) in [6, 6.07) is 9.13. The molecule has 0 spiro atoms. The number of aliphatic imine (C=N–C) groups is 1. The van der Waals surface area contributed by atoms with Gasteiger partial charge in [0.25, 0.3) is 0 Å². The van der Waals surface area contributed by atoms with Gasteiger partial charge in [0.1, 0.15) is 12.1 Å². The molecule has 1 aromatic carbocycles. The topological polar surface area (TPSA) is 51.1 Å². The van der Waals surface area contributed by atoms with Crippen LogP contribution in [0.15, 0.2) is 35.3 Å². The number of ether oxygens (including phenoxy) is 1. The fourth-order valence-electron chi connectivity index (χ4n) is 1.25. The molecule has 0 amide bonds. The van der Waals surface area contributed by atoms with Gasteiger partial charge in [0.2, 0.25) is 0 Å². The van der Waals surface area contributed by atoms with Crippen LogP contribution in [0.5, 0.6) is 5.75 Å². The number of rotatable bonds is 4. The second-order valence-electron chi connectivity index (χ2n) is 3.23. The van der Waals surface area contributed by atoms with Crippen molar-refractivity contribution in [3.8, 4) is 5.75 Å². The Morgan fingerprint density at radius 1 is 1.38 bits per heavy atom. The third-order valence-corrected chi connectivity index (χ3v) is 1.98. The Morgan fingerprint density at radius 2 is 2.19 bits per heavy atom. The summed E-state index contributed by atoms with van der Waals surface area (Å²) in [4.78, 5) is 20.2. The first-order valence-corrected chi connectivity index (χ1v) is 5.00. The zero-order valence-corrected chi connectivity index (χ0v) is 8.70. The lowest BCUT2D eigenvalue weighted by atomic mass is 10.3. The molecule has 5 nitrogen and oxygen atoms in total. The van der Waals surface area contributed by atoms with E-state index in [0.717, 1.165) is 0 Å². The molecule has 1 aliphatic rings. The maximum Gasteiger partial charge on any atom is 0.369 e. The summed E-state index contributed by atoms with van der Waals surface area (Å²) in [5.41, 5.74) is 0. The van der Waals surface area contributed by atoms with E-state index in [1.165, 1.54) is 11.4 Å². The zero-order chi connectivity index (χ0) is 11.2. The largest absolute Gasteiger partial charge is 0.482 e. The summed E-state index contributed by atoms with van der Waals surface area (Å²) in [6.45, 7) is 1.16. The fraction of sp³-hybridized carbons (Fsp3) is 0.273. The van der Waals surface area contributed by atoms with Gasteiger partial charge < -0.3 is 9.57 Å². The molecule has 0 N–H and O–H groups in total. The van der Waals surface area contributed by atoms with E-state index in [4.69, 9.17) is 9.57 Å². The smallest absolute Gasteiger partial charge is 0.369 e. The van der Waals surface area contributed by atoms with Crippen LogP contribution in [-0.2, 0) is 9.63 Å². The van der Waals surface area contributed by atoms with E-state index in [0.29, 0.717) is 18.8 Å². The van der Waals surface area contributed by atoms with E-state index in [9.17, 15) is 4.79 Å². The van der Waals surface area contributed by atoms with Gasteiger partial charge in [-0.25, -0.2) is 4.79 Å². The van der Waals surface area contributed by atoms with Crippen LogP contribution in [0.25, 0.3) is 0 Å². The molecule has 0 bridgehead atoms. The van der Waals surface area contributed by atoms with Crippen LogP contribution in [0.3, 0.4) is 0 Å². The van der Waals surface area contributed by atoms with Crippen molar-refractivity contribution in [3.63, 3.8) is 0 Å². The third-order valence-electron chi connectivity index (χ3n) is 1.98. The number of para-hydroxylation sites is 1. The second-order valence-corrected chi connectivity index (χ2v) is 3.23. The van der Waals surface area contributed by atoms with Gasteiger partial charge >= 0.3 is 5.97 Å². The summed E-state index contributed by atoms with van der Waals surface area (Å²) in [6.07, 6.45) is 1.50. The van der Waals surface area contributed by atoms with Gasteiger partial charge in [0, 0.05) is 0 Å². The lowest BCUT2D eigenvalue weighted by Gasteiger charge is -2.13. The van der Waals surface area contributed by atoms with Crippen LogP contribution < -0.4 is 4.74 Å². The summed E-state index contributed by atoms with van der Waals surface area (Å²) < 4.78 is 5.23. The predicted octanol–water partition coefficient (Wildman–Crippen LogP) is 0.867. The van der Waals surface area contributed by atoms with Gasteiger partial charge in [-0.2, -0.15) is 5.06 Å². The summed E-state index contributed by atoms with van der Waals surface area (Å²) in [5, 5.41) is 1.40. The third kappa shape index (κ3) is 2.98. The number of nitrogens with zero attached hydrogens (tertiary/aromatic N) is 2. The summed E-state index contributed by atoms with van der Waals surface area (Å²) >= 11 is 0. The van der Waals surface area contributed by atoms with E-state index in [-0.39, 0.29) is 6.61 Å². The molecule has 1 aromatic rings. The van der Waals surface area contributed by atoms with Gasteiger partial charge in [-0.1, -0.05) is 18.2 Å². The highest BCUT2D eigenvalue weighted by molar-refractivity contribution is 5.72. The Morgan fingerprint density at radius 3 is 2.88 bits per heavy atom. The lowest BCUT2D eigenvalue weighted by Crippen LogP contribution is -2.27. The van der Waals surface area contributed by atoms with Gasteiger partial charge in [0.05, 0.1) is 13.1 Å². The minimum Gasteiger partial charge on any atom is -0.482 e. The zero-order valence-electron chi connectivity index (χ0n) is 8.70. The number of carbonyl (C=O) groups excluding carboxylic acids is 1. The molecular weight excluding hydrogens is 208 g/mol. The van der Waals surface area contributed by atoms with Gasteiger partial charge in [-0.05, 0) is 12.1 Å². The fourth-order valence-corrected chi connectivity index (χ4v) is 1.25. The van der Waals surface area contributed by atoms with Gasteiger partial charge in [-0.15, -0.1) is 0 Å². The van der Waals surface area contributed by atoms with Crippen LogP contribution in [-0.4, -0.2) is 37.1 Å². The molecule has 84 valence electrons. The Labute approximate surface area is 93.2 Å². The van der Waals surface area contributed by atoms with Crippen molar-refractivity contribution in [2.24, 2.45) is 4.99 Å². The summed E-state index contributed by atoms with van der Waals surface area (Å²) in [5.74, 6) is 0.215. The first-order chi connectivity index (χ1) is 7.84. The molecule has 0 saturated heterocycles. The standard InChI is InChI=1S/C11H12N2O3/c14-11(16-13-7-6-12-9-13)8-15-10-4-2-1-3-5-10/h1-5,9H,6-8H2. The van der Waals surface area contributed by atoms with Crippen molar-refractivity contribution in [3.05, 3.63) is 30.3 Å². The Hall–Kier alpha value is -2.04. The van der Waals surface area contributed by atoms with Crippen LogP contribution >= 0.6 is 0 Å². The van der Waals surface area contributed by atoms with E-state index in [1.807, 2.05) is 18.2 Å². The molecule has 0 radical (unpaired) electrons. The van der Waals surface area contributed by atoms with Gasteiger partial charge in [0.15, 0.2) is 6.61 Å². The normalized spacial score (nSPS) is 13.9. The van der Waals surface area contributed by atoms with Crippen molar-refractivity contribution in [2.45, 2.75) is 0 Å². The average molecular weight is 220 g/mol. The Balaban J connectivity index is 1.73. The molecule has 0 aromatic heterocycles. The predicted molar refractivity (Wildman–Crippen MR) is 58.1 cm³/mol. The highest BCUT2D eigenvalue weighted by Gasteiger charge is 2.12. The van der Waals surface area contributed by atoms with Crippen LogP contribution in [0.2, 0.25) is 0 Å². The van der Waals surface area contributed by atoms with Crippen molar-refractivity contribution < 1.29 is 14.4 Å². The van der Waals surface area contributed by atoms with E-state index in [2.05, 4.69) is 4.99 Å². The monoisotopic (exact) mass is 220 g/mol. The molecule has 0 unspecified atom stereocenters. The lowest BCUT2D eigenvalue weighted by molar-refractivity contribution is -0.172. The van der Waals surface area contributed by atoms with Crippen LogP contribution in [0.4, 0.5) is 0 Å². The number of benzene rings is 1. The molecule has 1 aliphatic heterocycles. The number of carbonyl (C=O) groups is 1. The molecule has 1 heterocycles. The van der Waals surface area contributed by atoms with Crippen LogP contribution in [0.1, 0.15) is 0 Å². The first-order valence-electron chi connectivity index (χ1n) is 5.00. The van der Waals surface area contributed by atoms with E-state index >= 15 is 0 Å². The highest BCUT2D eigenvalue weighted by Crippen LogP contribution is 2.08. The molecule has 0 aliphatic carbocycles. The quantitative estimate of drug-likeness (QED) is 0.755.